The van der Waals surface area contributed by atoms with E-state index in [9.17, 15) is 4.79 Å². The maximum absolute atomic E-state index is 12.6. The number of carbonyl (C=O) groups excluding carboxylic acids is 1. The lowest BCUT2D eigenvalue weighted by atomic mass is 10.0. The number of ether oxygens (including phenoxy) is 1. The highest BCUT2D eigenvalue weighted by molar-refractivity contribution is 6.07. The molecule has 28 heavy (non-hydrogen) atoms. The first kappa shape index (κ1) is 19.1. The topological polar surface area (TPSA) is 77.9 Å². The van der Waals surface area contributed by atoms with Crippen LogP contribution in [0.25, 0.3) is 10.9 Å². The Kier molecular flexibility index (Phi) is 6.04. The van der Waals surface area contributed by atoms with Gasteiger partial charge in [0.1, 0.15) is 5.82 Å². The molecule has 0 saturated carbocycles. The van der Waals surface area contributed by atoms with Gasteiger partial charge in [-0.15, -0.1) is 0 Å². The molecule has 0 aliphatic carbocycles. The van der Waals surface area contributed by atoms with Crippen LogP contribution < -0.4 is 10.2 Å². The molecule has 0 bridgehead atoms. The van der Waals surface area contributed by atoms with Gasteiger partial charge < -0.3 is 20.1 Å². The van der Waals surface area contributed by atoms with Gasteiger partial charge in [0.25, 0.3) is 5.91 Å². The summed E-state index contributed by atoms with van der Waals surface area (Å²) in [6.07, 6.45) is 2.20. The number of anilines is 1. The second-order valence-electron chi connectivity index (χ2n) is 7.39. The molecule has 2 saturated heterocycles. The molecule has 0 atom stereocenters. The summed E-state index contributed by atoms with van der Waals surface area (Å²) in [4.78, 5) is 22.3. The number of amides is 1. The number of fused-ring (bicyclic) bond motifs is 1. The summed E-state index contributed by atoms with van der Waals surface area (Å²) >= 11 is 0. The summed E-state index contributed by atoms with van der Waals surface area (Å²) in [6, 6.07) is 10.2. The molecule has 2 aromatic rings. The van der Waals surface area contributed by atoms with Gasteiger partial charge in [-0.05, 0) is 25.0 Å². The molecule has 1 aromatic heterocycles. The van der Waals surface area contributed by atoms with Crippen molar-refractivity contribution in [3.8, 4) is 0 Å². The number of rotatable bonds is 5. The number of morpholine rings is 1. The molecular weight excluding hydrogens is 356 g/mol. The zero-order chi connectivity index (χ0) is 19.3. The van der Waals surface area contributed by atoms with Crippen molar-refractivity contribution < 1.29 is 14.6 Å². The van der Waals surface area contributed by atoms with E-state index in [1.807, 2.05) is 30.3 Å². The number of nitrogens with zero attached hydrogens (tertiary/aromatic N) is 3. The average molecular weight is 384 g/mol. The van der Waals surface area contributed by atoms with Crippen LogP contribution in [0.1, 0.15) is 23.2 Å². The molecule has 2 aliphatic heterocycles. The number of benzene rings is 1. The van der Waals surface area contributed by atoms with E-state index in [1.165, 1.54) is 0 Å². The molecule has 1 aromatic carbocycles. The van der Waals surface area contributed by atoms with Gasteiger partial charge in [-0.25, -0.2) is 4.98 Å². The number of hydrogen-bond donors (Lipinski definition) is 2. The lowest BCUT2D eigenvalue weighted by Crippen LogP contribution is -2.49. The third-order valence-corrected chi connectivity index (χ3v) is 5.70. The van der Waals surface area contributed by atoms with Crippen LogP contribution in [0, 0.1) is 0 Å². The normalized spacial score (nSPS) is 19.1. The van der Waals surface area contributed by atoms with Gasteiger partial charge in [0.15, 0.2) is 0 Å². The fourth-order valence-corrected chi connectivity index (χ4v) is 4.18. The van der Waals surface area contributed by atoms with Crippen LogP contribution in [0.3, 0.4) is 0 Å². The lowest BCUT2D eigenvalue weighted by Gasteiger charge is -2.40. The fraction of sp³-hybridized carbons (Fsp3) is 0.524. The van der Waals surface area contributed by atoms with Crippen molar-refractivity contribution in [3.05, 3.63) is 35.9 Å². The van der Waals surface area contributed by atoms with Crippen LogP contribution in [0.4, 0.5) is 5.82 Å². The Hall–Kier alpha value is -2.22. The van der Waals surface area contributed by atoms with Crippen molar-refractivity contribution in [3.63, 3.8) is 0 Å². The van der Waals surface area contributed by atoms with Crippen LogP contribution in [-0.4, -0.2) is 79.5 Å². The summed E-state index contributed by atoms with van der Waals surface area (Å²) in [5.74, 6) is 0.686. The van der Waals surface area contributed by atoms with E-state index in [0.717, 1.165) is 69.0 Å². The minimum atomic E-state index is -0.169. The monoisotopic (exact) mass is 384 g/mol. The average Bonchev–Trinajstić information content (AvgIpc) is 2.77. The lowest BCUT2D eigenvalue weighted by molar-refractivity contribution is 0.0115. The number of aliphatic hydroxyl groups is 1. The smallest absolute Gasteiger partial charge is 0.252 e. The Bertz CT molecular complexity index is 814. The minimum absolute atomic E-state index is 0.0728. The maximum Gasteiger partial charge on any atom is 0.252 e. The Morgan fingerprint density at radius 1 is 1.18 bits per heavy atom. The van der Waals surface area contributed by atoms with Crippen LogP contribution in [0.2, 0.25) is 0 Å². The largest absolute Gasteiger partial charge is 0.395 e. The molecule has 0 spiro atoms. The fourth-order valence-electron chi connectivity index (χ4n) is 4.18. The first-order valence-electron chi connectivity index (χ1n) is 10.1. The molecule has 1 amide bonds. The maximum atomic E-state index is 12.6. The second-order valence-corrected chi connectivity index (χ2v) is 7.39. The summed E-state index contributed by atoms with van der Waals surface area (Å²) < 4.78 is 5.47. The van der Waals surface area contributed by atoms with Gasteiger partial charge in [-0.3, -0.25) is 9.69 Å². The Morgan fingerprint density at radius 2 is 1.93 bits per heavy atom. The van der Waals surface area contributed by atoms with Crippen LogP contribution in [0.5, 0.6) is 0 Å². The number of para-hydroxylation sites is 1. The van der Waals surface area contributed by atoms with Gasteiger partial charge in [0, 0.05) is 44.2 Å². The Balaban J connectivity index is 1.53. The van der Waals surface area contributed by atoms with Gasteiger partial charge >= 0.3 is 0 Å². The highest BCUT2D eigenvalue weighted by Gasteiger charge is 2.27. The third kappa shape index (κ3) is 4.11. The Labute approximate surface area is 165 Å². The van der Waals surface area contributed by atoms with Crippen molar-refractivity contribution in [2.45, 2.75) is 18.9 Å². The van der Waals surface area contributed by atoms with Crippen molar-refractivity contribution in [2.75, 3.05) is 57.4 Å². The number of aliphatic hydroxyl groups excluding tert-OH is 1. The molecule has 150 valence electrons. The quantitative estimate of drug-likeness (QED) is 0.808. The summed E-state index contributed by atoms with van der Waals surface area (Å²) in [5, 5.41) is 12.6. The molecule has 0 unspecified atom stereocenters. The molecule has 3 heterocycles. The van der Waals surface area contributed by atoms with E-state index in [4.69, 9.17) is 14.8 Å². The van der Waals surface area contributed by atoms with E-state index in [0.29, 0.717) is 11.6 Å². The Morgan fingerprint density at radius 3 is 2.68 bits per heavy atom. The summed E-state index contributed by atoms with van der Waals surface area (Å²) in [7, 11) is 0. The number of nitrogens with one attached hydrogen (secondary N) is 1. The van der Waals surface area contributed by atoms with Gasteiger partial charge in [-0.2, -0.15) is 0 Å². The minimum Gasteiger partial charge on any atom is -0.395 e. The molecule has 2 N–H and O–H groups in total. The van der Waals surface area contributed by atoms with E-state index >= 15 is 0 Å². The first-order valence-corrected chi connectivity index (χ1v) is 10.1. The van der Waals surface area contributed by atoms with Crippen LogP contribution in [-0.2, 0) is 4.74 Å². The molecule has 2 aliphatic rings. The zero-order valence-corrected chi connectivity index (χ0v) is 16.1. The van der Waals surface area contributed by atoms with E-state index in [-0.39, 0.29) is 19.1 Å². The molecule has 7 nitrogen and oxygen atoms in total. The predicted molar refractivity (Wildman–Crippen MR) is 109 cm³/mol. The van der Waals surface area contributed by atoms with Crippen molar-refractivity contribution in [1.82, 2.24) is 15.2 Å². The molecule has 0 radical (unpaired) electrons. The first-order chi connectivity index (χ1) is 13.8. The number of aromatic nitrogens is 1. The highest BCUT2D eigenvalue weighted by Crippen LogP contribution is 2.26. The van der Waals surface area contributed by atoms with Gasteiger partial charge in [-0.1, -0.05) is 18.2 Å². The predicted octanol–water partition coefficient (Wildman–Crippen LogP) is 1.26. The van der Waals surface area contributed by atoms with Gasteiger partial charge in [0.2, 0.25) is 0 Å². The molecule has 2 fully saturated rings. The SMILES string of the molecule is O=C(NCCO)c1cc(N2CCC(N3CCOCC3)CC2)nc2ccccc12. The van der Waals surface area contributed by atoms with Crippen LogP contribution >= 0.6 is 0 Å². The number of piperidine rings is 1. The van der Waals surface area contributed by atoms with Crippen molar-refractivity contribution in [2.24, 2.45) is 0 Å². The van der Waals surface area contributed by atoms with E-state index in [1.54, 1.807) is 0 Å². The van der Waals surface area contributed by atoms with Gasteiger partial charge in [0.05, 0.1) is 30.9 Å². The van der Waals surface area contributed by atoms with Crippen molar-refractivity contribution >= 4 is 22.6 Å². The van der Waals surface area contributed by atoms with Crippen LogP contribution in [0.15, 0.2) is 30.3 Å². The molecule has 7 heteroatoms. The highest BCUT2D eigenvalue weighted by atomic mass is 16.5. The third-order valence-electron chi connectivity index (χ3n) is 5.70. The summed E-state index contributed by atoms with van der Waals surface area (Å²) in [6.45, 7) is 5.75. The van der Waals surface area contributed by atoms with Crippen molar-refractivity contribution in [1.29, 1.82) is 0 Å². The molecular formula is C21H28N4O3. The standard InChI is InChI=1S/C21H28N4O3/c26-12-7-22-21(27)18-15-20(23-19-4-2-1-3-17(18)19)25-8-5-16(6-9-25)24-10-13-28-14-11-24/h1-4,15-16,26H,5-14H2,(H,22,27). The number of hydrogen-bond acceptors (Lipinski definition) is 6. The zero-order valence-electron chi connectivity index (χ0n) is 16.1. The second kappa shape index (κ2) is 8.86. The number of pyridine rings is 1. The van der Waals surface area contributed by atoms with E-state index in [2.05, 4.69) is 15.1 Å². The molecule has 4 rings (SSSR count). The van der Waals surface area contributed by atoms with E-state index < -0.39 is 0 Å². The summed E-state index contributed by atoms with van der Waals surface area (Å²) in [5.41, 5.74) is 1.44. The number of carbonyl (C=O) groups is 1.